The topological polar surface area (TPSA) is 3.24 Å². The second-order valence-corrected chi connectivity index (χ2v) is 6.12. The van der Waals surface area contributed by atoms with Crippen LogP contribution in [0.4, 0.5) is 0 Å². The van der Waals surface area contributed by atoms with Gasteiger partial charge in [-0.2, -0.15) is 0 Å². The van der Waals surface area contributed by atoms with Crippen LogP contribution >= 0.6 is 11.8 Å². The van der Waals surface area contributed by atoms with Gasteiger partial charge in [-0.25, -0.2) is 0 Å². The molecule has 0 bridgehead atoms. The predicted octanol–water partition coefficient (Wildman–Crippen LogP) is 3.85. The Morgan fingerprint density at radius 3 is 2.67 bits per heavy atom. The molecule has 0 N–H and O–H groups in total. The Labute approximate surface area is 112 Å². The van der Waals surface area contributed by atoms with Crippen LogP contribution in [0.5, 0.6) is 0 Å². The summed E-state index contributed by atoms with van der Waals surface area (Å²) in [5, 5.41) is 0.518. The van der Waals surface area contributed by atoms with E-state index in [1.807, 2.05) is 11.8 Å². The van der Waals surface area contributed by atoms with Crippen LogP contribution < -0.4 is 0 Å². The molecule has 0 radical (unpaired) electrons. The van der Waals surface area contributed by atoms with E-state index in [0.29, 0.717) is 5.37 Å². The third kappa shape index (κ3) is 1.60. The first kappa shape index (κ1) is 10.7. The molecular formula is C16H15NS. The van der Waals surface area contributed by atoms with Crippen LogP contribution in [0.15, 0.2) is 53.4 Å². The van der Waals surface area contributed by atoms with Crippen molar-refractivity contribution < 1.29 is 0 Å². The van der Waals surface area contributed by atoms with E-state index in [1.54, 1.807) is 0 Å². The molecule has 90 valence electrons. The molecule has 0 saturated carbocycles. The fourth-order valence-electron chi connectivity index (χ4n) is 2.97. The average molecular weight is 253 g/mol. The first-order valence-corrected chi connectivity index (χ1v) is 7.36. The molecule has 2 heterocycles. The maximum absolute atomic E-state index is 2.61. The SMILES string of the molecule is c1ccc2c(c1)CN1CCc3ccccc3C1S2. The molecule has 0 aliphatic carbocycles. The van der Waals surface area contributed by atoms with Crippen molar-refractivity contribution in [3.63, 3.8) is 0 Å². The average Bonchev–Trinajstić information content (AvgIpc) is 2.45. The van der Waals surface area contributed by atoms with E-state index in [0.717, 1.165) is 6.54 Å². The van der Waals surface area contributed by atoms with Crippen molar-refractivity contribution in [3.05, 3.63) is 65.2 Å². The van der Waals surface area contributed by atoms with Crippen molar-refractivity contribution in [3.8, 4) is 0 Å². The van der Waals surface area contributed by atoms with Crippen LogP contribution in [0.2, 0.25) is 0 Å². The van der Waals surface area contributed by atoms with E-state index < -0.39 is 0 Å². The molecule has 2 aromatic carbocycles. The van der Waals surface area contributed by atoms with Gasteiger partial charge in [0.25, 0.3) is 0 Å². The number of nitrogens with zero attached hydrogens (tertiary/aromatic N) is 1. The highest BCUT2D eigenvalue weighted by molar-refractivity contribution is 7.99. The minimum Gasteiger partial charge on any atom is -0.283 e. The van der Waals surface area contributed by atoms with Crippen molar-refractivity contribution in [2.75, 3.05) is 6.54 Å². The molecule has 0 spiro atoms. The highest BCUT2D eigenvalue weighted by Crippen LogP contribution is 2.47. The molecule has 2 heteroatoms. The van der Waals surface area contributed by atoms with Gasteiger partial charge in [-0.1, -0.05) is 42.5 Å². The number of fused-ring (bicyclic) bond motifs is 4. The molecule has 0 fully saturated rings. The van der Waals surface area contributed by atoms with Crippen molar-refractivity contribution in [2.24, 2.45) is 0 Å². The first-order valence-electron chi connectivity index (χ1n) is 6.48. The van der Waals surface area contributed by atoms with Gasteiger partial charge in [-0.15, -0.1) is 11.8 Å². The Kier molecular flexibility index (Phi) is 2.45. The molecule has 18 heavy (non-hydrogen) atoms. The molecule has 0 aromatic heterocycles. The van der Waals surface area contributed by atoms with Gasteiger partial charge in [-0.3, -0.25) is 4.90 Å². The minimum atomic E-state index is 0.518. The van der Waals surface area contributed by atoms with E-state index in [-0.39, 0.29) is 0 Å². The Morgan fingerprint density at radius 1 is 0.944 bits per heavy atom. The Balaban J connectivity index is 1.79. The van der Waals surface area contributed by atoms with Crippen molar-refractivity contribution in [2.45, 2.75) is 23.2 Å². The maximum Gasteiger partial charge on any atom is 0.0866 e. The summed E-state index contributed by atoms with van der Waals surface area (Å²) in [6.45, 7) is 2.28. The molecule has 1 unspecified atom stereocenters. The van der Waals surface area contributed by atoms with Gasteiger partial charge in [0, 0.05) is 18.0 Å². The summed E-state index contributed by atoms with van der Waals surface area (Å²) in [6.07, 6.45) is 1.19. The summed E-state index contributed by atoms with van der Waals surface area (Å²) >= 11 is 2.01. The Morgan fingerprint density at radius 2 is 1.72 bits per heavy atom. The number of rotatable bonds is 0. The quantitative estimate of drug-likeness (QED) is 0.701. The van der Waals surface area contributed by atoms with E-state index in [4.69, 9.17) is 0 Å². The van der Waals surface area contributed by atoms with Crippen LogP contribution in [-0.2, 0) is 13.0 Å². The molecule has 2 aromatic rings. The van der Waals surface area contributed by atoms with E-state index >= 15 is 0 Å². The number of benzene rings is 2. The van der Waals surface area contributed by atoms with Crippen LogP contribution in [0.3, 0.4) is 0 Å². The van der Waals surface area contributed by atoms with Crippen LogP contribution in [0.1, 0.15) is 22.1 Å². The van der Waals surface area contributed by atoms with E-state index in [9.17, 15) is 0 Å². The highest BCUT2D eigenvalue weighted by Gasteiger charge is 2.31. The van der Waals surface area contributed by atoms with Crippen molar-refractivity contribution in [1.82, 2.24) is 4.90 Å². The lowest BCUT2D eigenvalue weighted by Gasteiger charge is -2.40. The fourth-order valence-corrected chi connectivity index (χ4v) is 4.34. The lowest BCUT2D eigenvalue weighted by atomic mass is 9.99. The van der Waals surface area contributed by atoms with Gasteiger partial charge < -0.3 is 0 Å². The summed E-state index contributed by atoms with van der Waals surface area (Å²) < 4.78 is 0. The summed E-state index contributed by atoms with van der Waals surface area (Å²) in [6, 6.07) is 17.7. The van der Waals surface area contributed by atoms with Crippen LogP contribution in [-0.4, -0.2) is 11.4 Å². The number of thioether (sulfide) groups is 1. The summed E-state index contributed by atoms with van der Waals surface area (Å²) in [4.78, 5) is 4.06. The number of hydrogen-bond donors (Lipinski definition) is 0. The van der Waals surface area contributed by atoms with Gasteiger partial charge in [0.2, 0.25) is 0 Å². The monoisotopic (exact) mass is 253 g/mol. The van der Waals surface area contributed by atoms with E-state index in [2.05, 4.69) is 53.4 Å². The first-order chi connectivity index (χ1) is 8.92. The normalized spacial score (nSPS) is 21.9. The summed E-state index contributed by atoms with van der Waals surface area (Å²) in [5.74, 6) is 0. The standard InChI is InChI=1S/C16H15NS/c1-3-7-14-12(5-1)9-10-17-11-13-6-2-4-8-15(13)18-16(14)17/h1-8,16H,9-11H2. The molecule has 2 aliphatic heterocycles. The van der Waals surface area contributed by atoms with Gasteiger partial charge in [0.15, 0.2) is 0 Å². The Hall–Kier alpha value is -1.25. The second kappa shape index (κ2) is 4.15. The molecule has 0 saturated heterocycles. The van der Waals surface area contributed by atoms with E-state index in [1.165, 1.54) is 34.6 Å². The predicted molar refractivity (Wildman–Crippen MR) is 75.6 cm³/mol. The minimum absolute atomic E-state index is 0.518. The third-order valence-electron chi connectivity index (χ3n) is 3.91. The zero-order valence-corrected chi connectivity index (χ0v) is 11.0. The number of hydrogen-bond acceptors (Lipinski definition) is 2. The lowest BCUT2D eigenvalue weighted by molar-refractivity contribution is 0.231. The highest BCUT2D eigenvalue weighted by atomic mass is 32.2. The van der Waals surface area contributed by atoms with Gasteiger partial charge in [0.05, 0.1) is 5.37 Å². The lowest BCUT2D eigenvalue weighted by Crippen LogP contribution is -2.35. The molecule has 4 rings (SSSR count). The van der Waals surface area contributed by atoms with Crippen molar-refractivity contribution in [1.29, 1.82) is 0 Å². The Bertz CT molecular complexity index is 593. The molecular weight excluding hydrogens is 238 g/mol. The summed E-state index contributed by atoms with van der Waals surface area (Å²) in [5.41, 5.74) is 4.53. The van der Waals surface area contributed by atoms with Crippen molar-refractivity contribution >= 4 is 11.8 Å². The summed E-state index contributed by atoms with van der Waals surface area (Å²) in [7, 11) is 0. The smallest absolute Gasteiger partial charge is 0.0866 e. The zero-order valence-electron chi connectivity index (χ0n) is 10.2. The fraction of sp³-hybridized carbons (Fsp3) is 0.250. The van der Waals surface area contributed by atoms with Gasteiger partial charge in [-0.05, 0) is 29.2 Å². The molecule has 0 amide bonds. The van der Waals surface area contributed by atoms with Crippen LogP contribution in [0, 0.1) is 0 Å². The third-order valence-corrected chi connectivity index (χ3v) is 5.33. The van der Waals surface area contributed by atoms with Crippen LogP contribution in [0.25, 0.3) is 0 Å². The van der Waals surface area contributed by atoms with Gasteiger partial charge >= 0.3 is 0 Å². The largest absolute Gasteiger partial charge is 0.283 e. The maximum atomic E-state index is 2.61. The molecule has 1 atom stereocenters. The molecule has 2 aliphatic rings. The zero-order chi connectivity index (χ0) is 11.9. The van der Waals surface area contributed by atoms with Gasteiger partial charge in [0.1, 0.15) is 0 Å². The second-order valence-electron chi connectivity index (χ2n) is 5.00. The molecule has 1 nitrogen and oxygen atoms in total.